The number of guanidine groups is 1. The quantitative estimate of drug-likeness (QED) is 0.464. The lowest BCUT2D eigenvalue weighted by atomic mass is 9.90. The molecule has 0 aliphatic carbocycles. The smallest absolute Gasteiger partial charge is 0.322 e. The Balaban J connectivity index is 2.24. The van der Waals surface area contributed by atoms with Crippen LogP contribution in [0.25, 0.3) is 0 Å². The van der Waals surface area contributed by atoms with Gasteiger partial charge < -0.3 is 21.7 Å². The van der Waals surface area contributed by atoms with E-state index in [1.165, 1.54) is 47.4 Å². The maximum atomic E-state index is 13.2. The number of amides is 2. The first-order valence-corrected chi connectivity index (χ1v) is 9.76. The number of primary amides is 1. The predicted octanol–water partition coefficient (Wildman–Crippen LogP) is 2.59. The van der Waals surface area contributed by atoms with Gasteiger partial charge in [-0.1, -0.05) is 18.2 Å². The van der Waals surface area contributed by atoms with Gasteiger partial charge in [0.05, 0.1) is 23.9 Å². The number of aliphatic hydroxyl groups is 2. The molecule has 1 aliphatic rings. The molecule has 9 nitrogen and oxygen atoms in total. The van der Waals surface area contributed by atoms with E-state index in [9.17, 15) is 29.1 Å². The van der Waals surface area contributed by atoms with Gasteiger partial charge in [0.1, 0.15) is 12.1 Å². The Labute approximate surface area is 188 Å². The molecule has 1 aliphatic heterocycles. The SMILES string of the molecule is CC1=C(N)[C@@H](c2ccc(C#N)cc2C(O)CO)N(C(N)=O)C(=N)N1c1cccc(C(F)F)c1. The normalized spacial score (nSPS) is 17.4. The average Bonchev–Trinajstić information content (AvgIpc) is 2.80. The van der Waals surface area contributed by atoms with E-state index in [4.69, 9.17) is 16.9 Å². The van der Waals surface area contributed by atoms with Crippen molar-refractivity contribution in [3.8, 4) is 6.07 Å². The van der Waals surface area contributed by atoms with Gasteiger partial charge in [-0.2, -0.15) is 5.26 Å². The number of benzene rings is 2. The summed E-state index contributed by atoms with van der Waals surface area (Å²) in [4.78, 5) is 14.5. The van der Waals surface area contributed by atoms with Crippen LogP contribution in [0.1, 0.15) is 47.7 Å². The summed E-state index contributed by atoms with van der Waals surface area (Å²) in [5.74, 6) is -0.445. The van der Waals surface area contributed by atoms with E-state index in [0.29, 0.717) is 0 Å². The van der Waals surface area contributed by atoms with E-state index in [-0.39, 0.29) is 39.3 Å². The molecule has 0 saturated heterocycles. The van der Waals surface area contributed by atoms with E-state index in [1.807, 2.05) is 6.07 Å². The molecule has 7 N–H and O–H groups in total. The monoisotopic (exact) mass is 456 g/mol. The number of nitrogens with one attached hydrogen (secondary N) is 1. The van der Waals surface area contributed by atoms with E-state index in [1.54, 1.807) is 6.92 Å². The lowest BCUT2D eigenvalue weighted by Crippen LogP contribution is -2.55. The molecule has 0 fully saturated rings. The number of rotatable bonds is 5. The summed E-state index contributed by atoms with van der Waals surface area (Å²) in [5.41, 5.74) is 12.8. The lowest BCUT2D eigenvalue weighted by molar-refractivity contribution is 0.0941. The molecule has 0 aromatic heterocycles. The van der Waals surface area contributed by atoms with E-state index >= 15 is 0 Å². The van der Waals surface area contributed by atoms with Gasteiger partial charge in [0.25, 0.3) is 6.43 Å². The summed E-state index contributed by atoms with van der Waals surface area (Å²) in [7, 11) is 0. The van der Waals surface area contributed by atoms with Crippen molar-refractivity contribution >= 4 is 17.7 Å². The number of carbonyl (C=O) groups is 1. The number of nitriles is 1. The Hall–Kier alpha value is -4.01. The van der Waals surface area contributed by atoms with E-state index in [2.05, 4.69) is 0 Å². The number of urea groups is 1. The zero-order valence-corrected chi connectivity index (χ0v) is 17.5. The maximum Gasteiger partial charge on any atom is 0.322 e. The second kappa shape index (κ2) is 9.23. The topological polar surface area (TPSA) is 164 Å². The summed E-state index contributed by atoms with van der Waals surface area (Å²) < 4.78 is 26.5. The summed E-state index contributed by atoms with van der Waals surface area (Å²) in [5, 5.41) is 37.7. The van der Waals surface area contributed by atoms with Crippen LogP contribution >= 0.6 is 0 Å². The number of carbonyl (C=O) groups excluding carboxylic acids is 1. The molecular weight excluding hydrogens is 434 g/mol. The van der Waals surface area contributed by atoms with Crippen LogP contribution < -0.4 is 16.4 Å². The third kappa shape index (κ3) is 4.21. The minimum Gasteiger partial charge on any atom is -0.399 e. The van der Waals surface area contributed by atoms with Crippen LogP contribution in [0.15, 0.2) is 53.9 Å². The number of hydrogen-bond acceptors (Lipinski definition) is 6. The fourth-order valence-corrected chi connectivity index (χ4v) is 3.79. The Bertz CT molecular complexity index is 1180. The lowest BCUT2D eigenvalue weighted by Gasteiger charge is -2.43. The van der Waals surface area contributed by atoms with Gasteiger partial charge in [0.15, 0.2) is 0 Å². The fraction of sp³-hybridized carbons (Fsp3) is 0.227. The van der Waals surface area contributed by atoms with Crippen LogP contribution in [0, 0.1) is 16.7 Å². The van der Waals surface area contributed by atoms with Crippen molar-refractivity contribution in [2.45, 2.75) is 25.5 Å². The molecule has 1 heterocycles. The first kappa shape index (κ1) is 23.6. The molecular formula is C22H22F2N6O3. The minimum atomic E-state index is -2.74. The van der Waals surface area contributed by atoms with Gasteiger partial charge in [-0.3, -0.25) is 15.2 Å². The number of nitrogens with zero attached hydrogens (tertiary/aromatic N) is 3. The summed E-state index contributed by atoms with van der Waals surface area (Å²) in [6.07, 6.45) is -4.14. The third-order valence-electron chi connectivity index (χ3n) is 5.41. The van der Waals surface area contributed by atoms with Gasteiger partial charge in [-0.25, -0.2) is 13.6 Å². The van der Waals surface area contributed by atoms with Crippen molar-refractivity contribution in [2.24, 2.45) is 11.5 Å². The van der Waals surface area contributed by atoms with Crippen LogP contribution in [0.4, 0.5) is 19.3 Å². The van der Waals surface area contributed by atoms with Crippen molar-refractivity contribution in [1.29, 1.82) is 10.7 Å². The summed E-state index contributed by atoms with van der Waals surface area (Å²) in [6.45, 7) is 0.883. The number of halogens is 2. The molecule has 0 spiro atoms. The molecule has 1 unspecified atom stereocenters. The zero-order valence-electron chi connectivity index (χ0n) is 17.5. The Morgan fingerprint density at radius 1 is 1.30 bits per heavy atom. The highest BCUT2D eigenvalue weighted by Crippen LogP contribution is 2.39. The molecule has 2 atom stereocenters. The van der Waals surface area contributed by atoms with Gasteiger partial charge in [-0.05, 0) is 42.3 Å². The van der Waals surface area contributed by atoms with Crippen LogP contribution in [-0.2, 0) is 0 Å². The third-order valence-corrected chi connectivity index (χ3v) is 5.41. The Kier molecular flexibility index (Phi) is 6.62. The largest absolute Gasteiger partial charge is 0.399 e. The molecule has 172 valence electrons. The molecule has 33 heavy (non-hydrogen) atoms. The highest BCUT2D eigenvalue weighted by Gasteiger charge is 2.40. The first-order valence-electron chi connectivity index (χ1n) is 9.76. The van der Waals surface area contributed by atoms with Crippen molar-refractivity contribution < 1.29 is 23.8 Å². The first-order chi connectivity index (χ1) is 15.6. The molecule has 3 rings (SSSR count). The predicted molar refractivity (Wildman–Crippen MR) is 116 cm³/mol. The molecule has 0 saturated carbocycles. The number of alkyl halides is 2. The van der Waals surface area contributed by atoms with Crippen molar-refractivity contribution in [3.63, 3.8) is 0 Å². The number of anilines is 1. The summed E-state index contributed by atoms with van der Waals surface area (Å²) in [6, 6.07) is 9.26. The molecule has 2 aromatic rings. The molecule has 11 heteroatoms. The van der Waals surface area contributed by atoms with Crippen molar-refractivity contribution in [3.05, 3.63) is 76.1 Å². The van der Waals surface area contributed by atoms with Crippen molar-refractivity contribution in [1.82, 2.24) is 4.90 Å². The molecule has 2 amide bonds. The zero-order chi connectivity index (χ0) is 24.4. The van der Waals surface area contributed by atoms with Crippen LogP contribution in [0.3, 0.4) is 0 Å². The standard InChI is InChI=1S/C22H22F2N6O3/c1-11-18(26)19(15-6-5-12(9-25)7-16(15)17(32)10-31)30(22(28)33)21(27)29(11)14-4-2-3-13(8-14)20(23)24/h2-8,17,19-20,27,31-32H,10,26H2,1H3,(H2,28,33)/t17?,19-/m1/s1. The second-order valence-electron chi connectivity index (χ2n) is 7.36. The number of aliphatic hydroxyl groups excluding tert-OH is 2. The second-order valence-corrected chi connectivity index (χ2v) is 7.36. The minimum absolute atomic E-state index is 0.0587. The van der Waals surface area contributed by atoms with E-state index < -0.39 is 37.2 Å². The van der Waals surface area contributed by atoms with Gasteiger partial charge in [0, 0.05) is 16.9 Å². The maximum absolute atomic E-state index is 13.2. The molecule has 0 bridgehead atoms. The Morgan fingerprint density at radius 3 is 2.58 bits per heavy atom. The molecule has 2 aromatic carbocycles. The van der Waals surface area contributed by atoms with Gasteiger partial charge in [-0.15, -0.1) is 0 Å². The van der Waals surface area contributed by atoms with Crippen LogP contribution in [0.2, 0.25) is 0 Å². The number of hydrogen-bond donors (Lipinski definition) is 5. The van der Waals surface area contributed by atoms with E-state index in [0.717, 1.165) is 4.90 Å². The van der Waals surface area contributed by atoms with Gasteiger partial charge >= 0.3 is 6.03 Å². The van der Waals surface area contributed by atoms with Gasteiger partial charge in [0.2, 0.25) is 5.96 Å². The fourth-order valence-electron chi connectivity index (χ4n) is 3.79. The van der Waals surface area contributed by atoms with Crippen LogP contribution in [0.5, 0.6) is 0 Å². The average molecular weight is 456 g/mol. The molecule has 0 radical (unpaired) electrons. The van der Waals surface area contributed by atoms with Crippen LogP contribution in [-0.4, -0.2) is 33.7 Å². The Morgan fingerprint density at radius 2 is 2.00 bits per heavy atom. The van der Waals surface area contributed by atoms with Crippen molar-refractivity contribution in [2.75, 3.05) is 11.5 Å². The number of allylic oxidation sites excluding steroid dienone is 1. The highest BCUT2D eigenvalue weighted by atomic mass is 19.3. The number of nitrogens with two attached hydrogens (primary N) is 2. The highest BCUT2D eigenvalue weighted by molar-refractivity contribution is 6.07. The summed E-state index contributed by atoms with van der Waals surface area (Å²) >= 11 is 0.